The van der Waals surface area contributed by atoms with E-state index >= 15 is 0 Å². The molecule has 0 saturated carbocycles. The molecule has 4 rings (SSSR count). The highest BCUT2D eigenvalue weighted by Crippen LogP contribution is 2.34. The molecule has 2 heterocycles. The van der Waals surface area contributed by atoms with Crippen molar-refractivity contribution in [2.45, 2.75) is 19.4 Å². The van der Waals surface area contributed by atoms with Crippen LogP contribution in [-0.4, -0.2) is 17.6 Å². The molecule has 1 atom stereocenters. The lowest BCUT2D eigenvalue weighted by molar-refractivity contribution is -0.115. The Morgan fingerprint density at radius 1 is 1.19 bits per heavy atom. The Morgan fingerprint density at radius 3 is 2.69 bits per heavy atom. The van der Waals surface area contributed by atoms with E-state index in [9.17, 15) is 4.79 Å². The molecule has 132 valence electrons. The van der Waals surface area contributed by atoms with Crippen molar-refractivity contribution in [1.82, 2.24) is 10.6 Å². The SMILES string of the molecule is CC1=C(C(=O)N2CCc3ccccc32)C(c2ccc(Cl)cc2)NC(=S)N1. The monoisotopic (exact) mass is 383 g/mol. The van der Waals surface area contributed by atoms with Gasteiger partial charge in [-0.2, -0.15) is 0 Å². The molecule has 6 heteroatoms. The molecule has 2 aromatic rings. The number of amides is 1. The zero-order chi connectivity index (χ0) is 18.3. The van der Waals surface area contributed by atoms with E-state index in [0.29, 0.717) is 22.3 Å². The number of hydrogen-bond donors (Lipinski definition) is 2. The summed E-state index contributed by atoms with van der Waals surface area (Å²) in [5.41, 5.74) is 4.60. The Kier molecular flexibility index (Phi) is 4.42. The van der Waals surface area contributed by atoms with Crippen LogP contribution in [0.3, 0.4) is 0 Å². The summed E-state index contributed by atoms with van der Waals surface area (Å²) < 4.78 is 0. The molecule has 0 aromatic heterocycles. The van der Waals surface area contributed by atoms with Gasteiger partial charge < -0.3 is 15.5 Å². The number of allylic oxidation sites excluding steroid dienone is 1. The first-order valence-corrected chi connectivity index (χ1v) is 9.27. The van der Waals surface area contributed by atoms with Crippen LogP contribution < -0.4 is 15.5 Å². The van der Waals surface area contributed by atoms with Gasteiger partial charge in [-0.15, -0.1) is 0 Å². The van der Waals surface area contributed by atoms with Gasteiger partial charge in [-0.1, -0.05) is 41.9 Å². The van der Waals surface area contributed by atoms with Gasteiger partial charge in [0.1, 0.15) is 0 Å². The molecule has 0 radical (unpaired) electrons. The molecular formula is C20H18ClN3OS. The molecule has 2 aliphatic rings. The summed E-state index contributed by atoms with van der Waals surface area (Å²) in [5.74, 6) is -0.00472. The van der Waals surface area contributed by atoms with Crippen LogP contribution in [0.5, 0.6) is 0 Å². The largest absolute Gasteiger partial charge is 0.351 e. The molecular weight excluding hydrogens is 366 g/mol. The van der Waals surface area contributed by atoms with Crippen LogP contribution >= 0.6 is 23.8 Å². The Hall–Kier alpha value is -2.37. The molecule has 0 spiro atoms. The molecule has 0 bridgehead atoms. The van der Waals surface area contributed by atoms with Gasteiger partial charge in [-0.25, -0.2) is 0 Å². The number of benzene rings is 2. The van der Waals surface area contributed by atoms with Crippen LogP contribution in [0.4, 0.5) is 5.69 Å². The lowest BCUT2D eigenvalue weighted by atomic mass is 9.94. The van der Waals surface area contributed by atoms with E-state index in [1.807, 2.05) is 54.3 Å². The second-order valence-corrected chi connectivity index (χ2v) is 7.30. The Morgan fingerprint density at radius 2 is 1.92 bits per heavy atom. The van der Waals surface area contributed by atoms with Gasteiger partial charge >= 0.3 is 0 Å². The minimum absolute atomic E-state index is 0.00472. The quantitative estimate of drug-likeness (QED) is 0.776. The molecule has 2 aliphatic heterocycles. The maximum Gasteiger partial charge on any atom is 0.258 e. The van der Waals surface area contributed by atoms with Crippen molar-refractivity contribution in [3.05, 3.63) is 76.0 Å². The molecule has 2 aromatic carbocycles. The molecule has 26 heavy (non-hydrogen) atoms. The van der Waals surface area contributed by atoms with Gasteiger partial charge in [0.05, 0.1) is 11.6 Å². The summed E-state index contributed by atoms with van der Waals surface area (Å²) >= 11 is 11.3. The first-order valence-electron chi connectivity index (χ1n) is 8.48. The lowest BCUT2D eigenvalue weighted by Crippen LogP contribution is -2.47. The average Bonchev–Trinajstić information content (AvgIpc) is 3.05. The number of halogens is 1. The predicted octanol–water partition coefficient (Wildman–Crippen LogP) is 3.72. The number of carbonyl (C=O) groups is 1. The number of anilines is 1. The summed E-state index contributed by atoms with van der Waals surface area (Å²) in [6.45, 7) is 2.58. The van der Waals surface area contributed by atoms with Crippen molar-refractivity contribution in [3.8, 4) is 0 Å². The fourth-order valence-corrected chi connectivity index (χ4v) is 3.97. The standard InChI is InChI=1S/C20H18ClN3OS/c1-12-17(19(25)24-11-10-13-4-2-3-5-16(13)24)18(23-20(26)22-12)14-6-8-15(21)9-7-14/h2-9,18H,10-11H2,1H3,(H2,22,23,26). The fraction of sp³-hybridized carbons (Fsp3) is 0.200. The first kappa shape index (κ1) is 17.1. The van der Waals surface area contributed by atoms with E-state index in [1.165, 1.54) is 5.56 Å². The number of para-hydroxylation sites is 1. The van der Waals surface area contributed by atoms with E-state index in [0.717, 1.165) is 23.4 Å². The maximum absolute atomic E-state index is 13.4. The van der Waals surface area contributed by atoms with Crippen LogP contribution in [0, 0.1) is 0 Å². The highest BCUT2D eigenvalue weighted by molar-refractivity contribution is 7.80. The zero-order valence-corrected chi connectivity index (χ0v) is 15.8. The van der Waals surface area contributed by atoms with Gasteiger partial charge in [0, 0.05) is 23.0 Å². The fourth-order valence-electron chi connectivity index (χ4n) is 3.58. The van der Waals surface area contributed by atoms with Crippen molar-refractivity contribution < 1.29 is 4.79 Å². The minimum atomic E-state index is -0.304. The van der Waals surface area contributed by atoms with E-state index in [-0.39, 0.29) is 11.9 Å². The number of carbonyl (C=O) groups excluding carboxylic acids is 1. The van der Waals surface area contributed by atoms with E-state index in [1.54, 1.807) is 0 Å². The van der Waals surface area contributed by atoms with Crippen LogP contribution in [-0.2, 0) is 11.2 Å². The Balaban J connectivity index is 1.74. The summed E-state index contributed by atoms with van der Waals surface area (Å²) in [7, 11) is 0. The normalized spacial score (nSPS) is 19.1. The average molecular weight is 384 g/mol. The maximum atomic E-state index is 13.4. The topological polar surface area (TPSA) is 44.4 Å². The van der Waals surface area contributed by atoms with Crippen molar-refractivity contribution in [1.29, 1.82) is 0 Å². The van der Waals surface area contributed by atoms with Crippen LogP contribution in [0.25, 0.3) is 0 Å². The van der Waals surface area contributed by atoms with Crippen LogP contribution in [0.1, 0.15) is 24.1 Å². The molecule has 0 fully saturated rings. The van der Waals surface area contributed by atoms with Crippen LogP contribution in [0.2, 0.25) is 5.02 Å². The van der Waals surface area contributed by atoms with Crippen molar-refractivity contribution >= 4 is 40.5 Å². The smallest absolute Gasteiger partial charge is 0.258 e. The second kappa shape index (κ2) is 6.74. The van der Waals surface area contributed by atoms with Gasteiger partial charge in [-0.3, -0.25) is 4.79 Å². The van der Waals surface area contributed by atoms with Gasteiger partial charge in [0.15, 0.2) is 5.11 Å². The van der Waals surface area contributed by atoms with Crippen LogP contribution in [0.15, 0.2) is 59.8 Å². The van der Waals surface area contributed by atoms with Gasteiger partial charge in [0.2, 0.25) is 0 Å². The third-order valence-electron chi connectivity index (χ3n) is 4.84. The zero-order valence-electron chi connectivity index (χ0n) is 14.3. The van der Waals surface area contributed by atoms with E-state index in [4.69, 9.17) is 23.8 Å². The minimum Gasteiger partial charge on any atom is -0.351 e. The number of nitrogens with zero attached hydrogens (tertiary/aromatic N) is 1. The molecule has 2 N–H and O–H groups in total. The molecule has 0 saturated heterocycles. The number of hydrogen-bond acceptors (Lipinski definition) is 2. The molecule has 1 unspecified atom stereocenters. The summed E-state index contributed by atoms with van der Waals surface area (Å²) in [5, 5.41) is 7.50. The lowest BCUT2D eigenvalue weighted by Gasteiger charge is -2.32. The molecule has 1 amide bonds. The molecule has 4 nitrogen and oxygen atoms in total. The van der Waals surface area contributed by atoms with Gasteiger partial charge in [-0.05, 0) is 54.9 Å². The number of fused-ring (bicyclic) bond motifs is 1. The van der Waals surface area contributed by atoms with Gasteiger partial charge in [0.25, 0.3) is 5.91 Å². The predicted molar refractivity (Wildman–Crippen MR) is 108 cm³/mol. The summed E-state index contributed by atoms with van der Waals surface area (Å²) in [6, 6.07) is 15.2. The Bertz CT molecular complexity index is 923. The van der Waals surface area contributed by atoms with E-state index in [2.05, 4.69) is 16.7 Å². The second-order valence-electron chi connectivity index (χ2n) is 6.46. The number of thiocarbonyl (C=S) groups is 1. The number of rotatable bonds is 2. The third kappa shape index (κ3) is 2.97. The number of nitrogens with one attached hydrogen (secondary N) is 2. The van der Waals surface area contributed by atoms with Crippen molar-refractivity contribution in [2.75, 3.05) is 11.4 Å². The Labute approximate surface area is 162 Å². The highest BCUT2D eigenvalue weighted by atomic mass is 35.5. The van der Waals surface area contributed by atoms with E-state index < -0.39 is 0 Å². The van der Waals surface area contributed by atoms with Crippen molar-refractivity contribution in [2.24, 2.45) is 0 Å². The highest BCUT2D eigenvalue weighted by Gasteiger charge is 2.35. The summed E-state index contributed by atoms with van der Waals surface area (Å²) in [6.07, 6.45) is 0.874. The first-order chi connectivity index (χ1) is 12.5. The molecule has 0 aliphatic carbocycles. The summed E-state index contributed by atoms with van der Waals surface area (Å²) in [4.78, 5) is 15.3. The third-order valence-corrected chi connectivity index (χ3v) is 5.31. The van der Waals surface area contributed by atoms with Crippen molar-refractivity contribution in [3.63, 3.8) is 0 Å².